The molecule has 4 heterocycles. The summed E-state index contributed by atoms with van der Waals surface area (Å²) in [6, 6.07) is 31.6. The van der Waals surface area contributed by atoms with E-state index in [9.17, 15) is 29.2 Å². The number of imide groups is 1. The van der Waals surface area contributed by atoms with Gasteiger partial charge >= 0.3 is 13.1 Å². The molecule has 0 aromatic heterocycles. The monoisotopic (exact) mass is 766 g/mol. The third kappa shape index (κ3) is 7.77. The van der Waals surface area contributed by atoms with E-state index in [1.54, 1.807) is 17.0 Å². The first-order valence-electron chi connectivity index (χ1n) is 19.8. The van der Waals surface area contributed by atoms with Gasteiger partial charge in [0.05, 0.1) is 0 Å². The van der Waals surface area contributed by atoms with Crippen LogP contribution in [0.4, 0.5) is 16.2 Å². The van der Waals surface area contributed by atoms with Crippen molar-refractivity contribution in [3.8, 4) is 0 Å². The number of amides is 5. The number of piperazine rings is 2. The Labute approximate surface area is 333 Å². The third-order valence-corrected chi connectivity index (χ3v) is 11.8. The highest BCUT2D eigenvalue weighted by molar-refractivity contribution is 6.58. The minimum atomic E-state index is -1.52. The zero-order valence-electron chi connectivity index (χ0n) is 32.1. The molecule has 1 atom stereocenters. The number of urea groups is 1. The summed E-state index contributed by atoms with van der Waals surface area (Å²) in [7, 11) is -1.52. The average Bonchev–Trinajstić information content (AvgIpc) is 3.57. The standard InChI is InChI=1S/C44H47BN6O6/c1-2-37(30-6-4-3-5-7-30)41(31-8-12-34(13-9-31)45(56)57)32-10-14-35(15-11-32)47-20-24-49(25-21-47)44(55)50-26-22-48(23-27-50)36-16-17-38-33(28-36)29-51(43(38)54)39-18-19-40(52)46-42(39)53/h3-17,28,39,56-57H,2,18-27,29H2,1H3,(H,46,52,53)/b41-37+. The van der Waals surface area contributed by atoms with Gasteiger partial charge in [-0.3, -0.25) is 19.7 Å². The number of fused-ring (bicyclic) bond motifs is 1. The molecule has 0 saturated carbocycles. The van der Waals surface area contributed by atoms with Gasteiger partial charge in [0.25, 0.3) is 5.91 Å². The number of carbonyl (C=O) groups is 4. The van der Waals surface area contributed by atoms with Crippen LogP contribution in [0, 0.1) is 0 Å². The maximum atomic E-state index is 13.7. The molecule has 0 spiro atoms. The Balaban J connectivity index is 0.876. The lowest BCUT2D eigenvalue weighted by atomic mass is 9.79. The molecule has 13 heteroatoms. The molecule has 292 valence electrons. The van der Waals surface area contributed by atoms with Crippen molar-refractivity contribution < 1.29 is 29.2 Å². The first kappa shape index (κ1) is 38.0. The molecule has 3 fully saturated rings. The lowest BCUT2D eigenvalue weighted by molar-refractivity contribution is -0.136. The van der Waals surface area contributed by atoms with Gasteiger partial charge in [0.15, 0.2) is 0 Å². The van der Waals surface area contributed by atoms with E-state index in [1.165, 1.54) is 5.57 Å². The number of piperidine rings is 1. The molecule has 12 nitrogen and oxygen atoms in total. The maximum absolute atomic E-state index is 13.7. The third-order valence-electron chi connectivity index (χ3n) is 11.8. The number of nitrogens with zero attached hydrogens (tertiary/aromatic N) is 5. The molecule has 4 aliphatic rings. The maximum Gasteiger partial charge on any atom is 0.488 e. The summed E-state index contributed by atoms with van der Waals surface area (Å²) in [4.78, 5) is 60.9. The number of anilines is 2. The van der Waals surface area contributed by atoms with Crippen LogP contribution >= 0.6 is 0 Å². The van der Waals surface area contributed by atoms with Gasteiger partial charge in [-0.25, -0.2) is 4.79 Å². The molecule has 4 aromatic carbocycles. The number of rotatable bonds is 8. The Bertz CT molecular complexity index is 2180. The zero-order chi connectivity index (χ0) is 39.6. The first-order chi connectivity index (χ1) is 27.7. The molecular weight excluding hydrogens is 719 g/mol. The number of benzene rings is 4. The Morgan fingerprint density at radius 3 is 1.88 bits per heavy atom. The van der Waals surface area contributed by atoms with E-state index in [2.05, 4.69) is 58.4 Å². The van der Waals surface area contributed by atoms with E-state index in [0.29, 0.717) is 63.3 Å². The highest BCUT2D eigenvalue weighted by Gasteiger charge is 2.39. The fourth-order valence-corrected chi connectivity index (χ4v) is 8.61. The predicted octanol–water partition coefficient (Wildman–Crippen LogP) is 3.56. The summed E-state index contributed by atoms with van der Waals surface area (Å²) >= 11 is 0. The Morgan fingerprint density at radius 2 is 1.30 bits per heavy atom. The number of carbonyl (C=O) groups excluding carboxylic acids is 4. The minimum absolute atomic E-state index is 0.0617. The van der Waals surface area contributed by atoms with Gasteiger partial charge in [-0.05, 0) is 82.0 Å². The van der Waals surface area contributed by atoms with E-state index in [4.69, 9.17) is 0 Å². The van der Waals surface area contributed by atoms with E-state index in [-0.39, 0.29) is 24.3 Å². The quantitative estimate of drug-likeness (QED) is 0.141. The topological polar surface area (TPSA) is 137 Å². The normalized spacial score (nSPS) is 19.0. The SMILES string of the molecule is CC/C(=C(/c1ccc(B(O)O)cc1)c1ccc(N2CCN(C(=O)N3CCN(c4ccc5c(c4)CN(C4CCC(=O)NC4=O)C5=O)CC3)CC2)cc1)c1ccccc1. The lowest BCUT2D eigenvalue weighted by Gasteiger charge is -2.41. The zero-order valence-corrected chi connectivity index (χ0v) is 32.1. The van der Waals surface area contributed by atoms with Gasteiger partial charge < -0.3 is 34.5 Å². The van der Waals surface area contributed by atoms with Crippen molar-refractivity contribution in [2.45, 2.75) is 38.8 Å². The van der Waals surface area contributed by atoms with Gasteiger partial charge in [0, 0.05) is 82.3 Å². The summed E-state index contributed by atoms with van der Waals surface area (Å²) in [5.74, 6) is -0.897. The first-order valence-corrected chi connectivity index (χ1v) is 19.8. The van der Waals surface area contributed by atoms with Crippen LogP contribution in [-0.4, -0.2) is 114 Å². The van der Waals surface area contributed by atoms with Crippen LogP contribution in [0.3, 0.4) is 0 Å². The number of allylic oxidation sites excluding steroid dienone is 1. The average molecular weight is 767 g/mol. The Morgan fingerprint density at radius 1 is 0.719 bits per heavy atom. The fraction of sp³-hybridized carbons (Fsp3) is 0.318. The van der Waals surface area contributed by atoms with Crippen molar-refractivity contribution in [2.75, 3.05) is 62.2 Å². The van der Waals surface area contributed by atoms with Crippen LogP contribution in [0.5, 0.6) is 0 Å². The van der Waals surface area contributed by atoms with Gasteiger partial charge in [-0.15, -0.1) is 0 Å². The predicted molar refractivity (Wildman–Crippen MR) is 221 cm³/mol. The smallest absolute Gasteiger partial charge is 0.423 e. The van der Waals surface area contributed by atoms with Gasteiger partial charge in [0.2, 0.25) is 11.8 Å². The molecule has 5 amide bonds. The van der Waals surface area contributed by atoms with Crippen molar-refractivity contribution in [3.63, 3.8) is 0 Å². The van der Waals surface area contributed by atoms with Crippen LogP contribution in [-0.2, 0) is 16.1 Å². The molecule has 57 heavy (non-hydrogen) atoms. The van der Waals surface area contributed by atoms with Crippen molar-refractivity contribution >= 4 is 58.9 Å². The van der Waals surface area contributed by atoms with E-state index >= 15 is 0 Å². The van der Waals surface area contributed by atoms with Gasteiger partial charge in [-0.1, -0.05) is 73.7 Å². The van der Waals surface area contributed by atoms with Crippen LogP contribution in [0.1, 0.15) is 58.8 Å². The van der Waals surface area contributed by atoms with Crippen LogP contribution in [0.2, 0.25) is 0 Å². The molecule has 0 radical (unpaired) electrons. The van der Waals surface area contributed by atoms with Crippen molar-refractivity contribution in [3.05, 3.63) is 125 Å². The molecule has 4 aliphatic heterocycles. The number of hydrogen-bond acceptors (Lipinski definition) is 8. The lowest BCUT2D eigenvalue weighted by Crippen LogP contribution is -2.57. The second-order valence-corrected chi connectivity index (χ2v) is 15.1. The molecular formula is C44H47BN6O6. The largest absolute Gasteiger partial charge is 0.488 e. The fourth-order valence-electron chi connectivity index (χ4n) is 8.61. The summed E-state index contributed by atoms with van der Waals surface area (Å²) in [5.41, 5.74) is 9.54. The van der Waals surface area contributed by atoms with Gasteiger partial charge in [-0.2, -0.15) is 0 Å². The van der Waals surface area contributed by atoms with Crippen LogP contribution in [0.15, 0.2) is 97.1 Å². The molecule has 3 N–H and O–H groups in total. The van der Waals surface area contributed by atoms with E-state index in [1.807, 2.05) is 58.3 Å². The van der Waals surface area contributed by atoms with Crippen LogP contribution < -0.4 is 20.6 Å². The molecule has 0 bridgehead atoms. The summed E-state index contributed by atoms with van der Waals surface area (Å²) in [6.07, 6.45) is 1.38. The molecule has 3 saturated heterocycles. The molecule has 8 rings (SSSR count). The highest BCUT2D eigenvalue weighted by Crippen LogP contribution is 2.35. The van der Waals surface area contributed by atoms with E-state index in [0.717, 1.165) is 58.7 Å². The second-order valence-electron chi connectivity index (χ2n) is 15.1. The minimum Gasteiger partial charge on any atom is -0.423 e. The Hall–Kier alpha value is -5.92. The highest BCUT2D eigenvalue weighted by atomic mass is 16.4. The number of hydrogen-bond donors (Lipinski definition) is 3. The van der Waals surface area contributed by atoms with Crippen molar-refractivity contribution in [2.24, 2.45) is 0 Å². The molecule has 4 aromatic rings. The van der Waals surface area contributed by atoms with Gasteiger partial charge in [0.1, 0.15) is 6.04 Å². The Kier molecular flexibility index (Phi) is 10.9. The van der Waals surface area contributed by atoms with Crippen LogP contribution in [0.25, 0.3) is 11.1 Å². The van der Waals surface area contributed by atoms with Crippen molar-refractivity contribution in [1.82, 2.24) is 20.0 Å². The second kappa shape index (κ2) is 16.3. The summed E-state index contributed by atoms with van der Waals surface area (Å²) in [6.45, 7) is 7.76. The summed E-state index contributed by atoms with van der Waals surface area (Å²) < 4.78 is 0. The van der Waals surface area contributed by atoms with Crippen molar-refractivity contribution in [1.29, 1.82) is 0 Å². The number of nitrogens with one attached hydrogen (secondary N) is 1. The summed E-state index contributed by atoms with van der Waals surface area (Å²) in [5, 5.41) is 21.7. The van der Waals surface area contributed by atoms with E-state index < -0.39 is 19.1 Å². The molecule has 1 unspecified atom stereocenters. The molecule has 0 aliphatic carbocycles.